The molecule has 0 saturated heterocycles. The summed E-state index contributed by atoms with van der Waals surface area (Å²) in [5.41, 5.74) is 6.65. The fourth-order valence-electron chi connectivity index (χ4n) is 2.22. The van der Waals surface area contributed by atoms with E-state index in [2.05, 4.69) is 15.0 Å². The highest BCUT2D eigenvalue weighted by Crippen LogP contribution is 2.49. The van der Waals surface area contributed by atoms with E-state index >= 15 is 0 Å². The summed E-state index contributed by atoms with van der Waals surface area (Å²) in [7, 11) is -2.33. The molecule has 0 radical (unpaired) electrons. The Morgan fingerprint density at radius 1 is 1.33 bits per heavy atom. The normalized spacial score (nSPS) is 17.0. The van der Waals surface area contributed by atoms with Crippen LogP contribution in [-0.2, 0) is 10.0 Å². The number of carbonyl (C=O) groups is 1. The minimum atomic E-state index is -3.77. The summed E-state index contributed by atoms with van der Waals surface area (Å²) in [4.78, 5) is 15.1. The van der Waals surface area contributed by atoms with Crippen molar-refractivity contribution in [2.24, 2.45) is 10.7 Å². The number of primary amides is 1. The number of carbonyl (C=O) groups excluding carboxylic acids is 1. The molecule has 126 valence electrons. The number of halogens is 2. The molecule has 1 amide bonds. The number of benzene rings is 1. The van der Waals surface area contributed by atoms with Crippen LogP contribution in [0.5, 0.6) is 0 Å². The van der Waals surface area contributed by atoms with Crippen LogP contribution in [0, 0.1) is 0 Å². The lowest BCUT2D eigenvalue weighted by Gasteiger charge is -2.19. The first kappa shape index (κ1) is 17.0. The summed E-state index contributed by atoms with van der Waals surface area (Å²) in [6, 6.07) is 4.47. The Hall–Kier alpha value is -1.81. The van der Waals surface area contributed by atoms with Crippen molar-refractivity contribution in [3.63, 3.8) is 0 Å². The minimum Gasteiger partial charge on any atom is -0.366 e. The number of nitrogens with one attached hydrogen (secondary N) is 2. The zero-order valence-corrected chi connectivity index (χ0v) is 15.2. The molecule has 1 aliphatic heterocycles. The van der Waals surface area contributed by atoms with Crippen LogP contribution < -0.4 is 15.8 Å². The zero-order valence-electron chi connectivity index (χ0n) is 12.1. The molecule has 11 heteroatoms. The van der Waals surface area contributed by atoms with Crippen molar-refractivity contribution < 1.29 is 13.2 Å². The van der Waals surface area contributed by atoms with Gasteiger partial charge in [0.2, 0.25) is 11.9 Å². The standard InChI is InChI=1S/C13H10Cl2N4O3S2/c1-17-13-18-9-8(10(15)23-12(9)24(21,22)19-13)6-3-2-5(11(16)20)4-7(6)14/h2-4H,1H3,(H2,16,20)(H2,17,18,19). The molecule has 0 aliphatic carbocycles. The van der Waals surface area contributed by atoms with Gasteiger partial charge in [-0.3, -0.25) is 9.79 Å². The minimum absolute atomic E-state index is 0.0324. The average Bonchev–Trinajstić information content (AvgIpc) is 2.84. The van der Waals surface area contributed by atoms with E-state index in [9.17, 15) is 13.2 Å². The van der Waals surface area contributed by atoms with E-state index in [1.165, 1.54) is 19.2 Å². The summed E-state index contributed by atoms with van der Waals surface area (Å²) in [5.74, 6) is -0.546. The molecule has 24 heavy (non-hydrogen) atoms. The van der Waals surface area contributed by atoms with Crippen molar-refractivity contribution in [2.45, 2.75) is 4.21 Å². The van der Waals surface area contributed by atoms with E-state index in [0.717, 1.165) is 11.3 Å². The van der Waals surface area contributed by atoms with Crippen LogP contribution in [0.15, 0.2) is 27.4 Å². The molecule has 0 bridgehead atoms. The second-order valence-electron chi connectivity index (χ2n) is 4.77. The molecular weight excluding hydrogens is 395 g/mol. The highest BCUT2D eigenvalue weighted by atomic mass is 35.5. The molecule has 0 unspecified atom stereocenters. The maximum atomic E-state index is 12.3. The summed E-state index contributed by atoms with van der Waals surface area (Å²) < 4.78 is 27.2. The van der Waals surface area contributed by atoms with Crippen molar-refractivity contribution in [2.75, 3.05) is 12.4 Å². The van der Waals surface area contributed by atoms with Gasteiger partial charge in [-0.25, -0.2) is 13.1 Å². The third kappa shape index (κ3) is 2.73. The Balaban J connectivity index is 2.25. The van der Waals surface area contributed by atoms with Crippen LogP contribution in [0.4, 0.5) is 5.69 Å². The first-order valence-corrected chi connectivity index (χ1v) is 9.49. The third-order valence-electron chi connectivity index (χ3n) is 3.30. The first-order chi connectivity index (χ1) is 11.2. The number of fused-ring (bicyclic) bond motifs is 1. The molecule has 1 aromatic heterocycles. The third-order valence-corrected chi connectivity index (χ3v) is 6.87. The van der Waals surface area contributed by atoms with Crippen LogP contribution in [0.25, 0.3) is 11.1 Å². The highest BCUT2D eigenvalue weighted by molar-refractivity contribution is 7.92. The van der Waals surface area contributed by atoms with E-state index in [0.29, 0.717) is 11.1 Å². The monoisotopic (exact) mass is 404 g/mol. The van der Waals surface area contributed by atoms with Gasteiger partial charge >= 0.3 is 0 Å². The van der Waals surface area contributed by atoms with Gasteiger partial charge in [-0.05, 0) is 12.1 Å². The van der Waals surface area contributed by atoms with Crippen molar-refractivity contribution >= 4 is 62.1 Å². The number of anilines is 1. The molecule has 0 atom stereocenters. The molecule has 2 heterocycles. The summed E-state index contributed by atoms with van der Waals surface area (Å²) in [6.07, 6.45) is 0. The molecule has 0 spiro atoms. The fraction of sp³-hybridized carbons (Fsp3) is 0.0769. The predicted molar refractivity (Wildman–Crippen MR) is 95.6 cm³/mol. The SMILES string of the molecule is CN=C1Nc2c(sc(Cl)c2-c2ccc(C(N)=O)cc2Cl)S(=O)(=O)N1. The quantitative estimate of drug-likeness (QED) is 0.712. The van der Waals surface area contributed by atoms with Gasteiger partial charge in [0.1, 0.15) is 4.34 Å². The van der Waals surface area contributed by atoms with Gasteiger partial charge in [0.15, 0.2) is 4.21 Å². The molecule has 1 aromatic carbocycles. The summed E-state index contributed by atoms with van der Waals surface area (Å²) in [6.45, 7) is 0. The Morgan fingerprint density at radius 3 is 2.62 bits per heavy atom. The molecule has 7 nitrogen and oxygen atoms in total. The second-order valence-corrected chi connectivity index (χ2v) is 8.68. The van der Waals surface area contributed by atoms with Crippen molar-refractivity contribution in [3.05, 3.63) is 33.1 Å². The van der Waals surface area contributed by atoms with Gasteiger partial charge in [0.25, 0.3) is 10.0 Å². The molecular formula is C13H10Cl2N4O3S2. The average molecular weight is 405 g/mol. The number of nitrogens with zero attached hydrogens (tertiary/aromatic N) is 1. The summed E-state index contributed by atoms with van der Waals surface area (Å²) in [5, 5.41) is 3.11. The van der Waals surface area contributed by atoms with E-state index < -0.39 is 15.9 Å². The highest BCUT2D eigenvalue weighted by Gasteiger charge is 2.33. The Labute approximate surface area is 151 Å². The number of aliphatic imine (C=N–C) groups is 1. The number of thiophene rings is 1. The van der Waals surface area contributed by atoms with E-state index in [4.69, 9.17) is 28.9 Å². The largest absolute Gasteiger partial charge is 0.366 e. The van der Waals surface area contributed by atoms with Crippen molar-refractivity contribution in [3.8, 4) is 11.1 Å². The molecule has 0 saturated carbocycles. The number of guanidine groups is 1. The second kappa shape index (κ2) is 5.92. The predicted octanol–water partition coefficient (Wildman–Crippen LogP) is 2.51. The van der Waals surface area contributed by atoms with E-state index in [-0.39, 0.29) is 30.8 Å². The molecule has 1 aliphatic rings. The summed E-state index contributed by atoms with van der Waals surface area (Å²) >= 11 is 13.4. The van der Waals surface area contributed by atoms with Gasteiger partial charge in [-0.2, -0.15) is 0 Å². The van der Waals surface area contributed by atoms with Gasteiger partial charge < -0.3 is 11.1 Å². The fourth-order valence-corrected chi connectivity index (χ4v) is 5.51. The topological polar surface area (TPSA) is 114 Å². The van der Waals surface area contributed by atoms with Crippen molar-refractivity contribution in [1.82, 2.24) is 4.72 Å². The first-order valence-electron chi connectivity index (χ1n) is 6.43. The lowest BCUT2D eigenvalue weighted by molar-refractivity contribution is 0.100. The Kier molecular flexibility index (Phi) is 4.20. The van der Waals surface area contributed by atoms with Gasteiger partial charge in [0.05, 0.1) is 5.69 Å². The number of hydrogen-bond donors (Lipinski definition) is 3. The molecule has 2 aromatic rings. The van der Waals surface area contributed by atoms with Crippen LogP contribution >= 0.6 is 34.5 Å². The number of hydrogen-bond acceptors (Lipinski definition) is 5. The lowest BCUT2D eigenvalue weighted by Crippen LogP contribution is -2.39. The maximum absolute atomic E-state index is 12.3. The van der Waals surface area contributed by atoms with E-state index in [1.54, 1.807) is 6.07 Å². The van der Waals surface area contributed by atoms with Gasteiger partial charge in [0, 0.05) is 28.8 Å². The van der Waals surface area contributed by atoms with E-state index in [1.807, 2.05) is 0 Å². The molecule has 0 fully saturated rings. The number of nitrogens with two attached hydrogens (primary N) is 1. The van der Waals surface area contributed by atoms with Crippen LogP contribution in [0.3, 0.4) is 0 Å². The van der Waals surface area contributed by atoms with Gasteiger partial charge in [-0.1, -0.05) is 29.3 Å². The molecule has 4 N–H and O–H groups in total. The zero-order chi connectivity index (χ0) is 17.6. The number of amides is 1. The van der Waals surface area contributed by atoms with Crippen LogP contribution in [-0.4, -0.2) is 27.3 Å². The lowest BCUT2D eigenvalue weighted by atomic mass is 10.0. The Bertz CT molecular complexity index is 999. The molecule has 3 rings (SSSR count). The maximum Gasteiger partial charge on any atom is 0.275 e. The van der Waals surface area contributed by atoms with Gasteiger partial charge in [-0.15, -0.1) is 11.3 Å². The number of rotatable bonds is 2. The number of sulfonamides is 1. The van der Waals surface area contributed by atoms with Crippen LogP contribution in [0.1, 0.15) is 10.4 Å². The van der Waals surface area contributed by atoms with Crippen molar-refractivity contribution in [1.29, 1.82) is 0 Å². The smallest absolute Gasteiger partial charge is 0.275 e. The Morgan fingerprint density at radius 2 is 2.04 bits per heavy atom. The van der Waals surface area contributed by atoms with Crippen LogP contribution in [0.2, 0.25) is 9.36 Å².